The maximum atomic E-state index is 12.8. The molecule has 0 bridgehead atoms. The minimum Gasteiger partial charge on any atom is -0.324 e. The number of nitrogens with one attached hydrogen (secondary N) is 2. The van der Waals surface area contributed by atoms with Gasteiger partial charge in [0.2, 0.25) is 11.8 Å². The number of likely N-dealkylation sites (tertiary alicyclic amines) is 1. The molecule has 0 spiro atoms. The molecule has 6 nitrogen and oxygen atoms in total. The van der Waals surface area contributed by atoms with Gasteiger partial charge < -0.3 is 10.6 Å². The van der Waals surface area contributed by atoms with Gasteiger partial charge >= 0.3 is 0 Å². The van der Waals surface area contributed by atoms with Crippen molar-refractivity contribution in [2.45, 2.75) is 45.6 Å². The fourth-order valence-corrected chi connectivity index (χ4v) is 3.98. The molecule has 7 heteroatoms. The Balaban J connectivity index is 1.52. The highest BCUT2D eigenvalue weighted by molar-refractivity contribution is 9.10. The van der Waals surface area contributed by atoms with Crippen molar-refractivity contribution < 1.29 is 9.59 Å². The summed E-state index contributed by atoms with van der Waals surface area (Å²) in [5.41, 5.74) is 2.01. The van der Waals surface area contributed by atoms with Crippen molar-refractivity contribution in [3.63, 3.8) is 0 Å². The number of halogens is 1. The molecule has 0 unspecified atom stereocenters. The zero-order chi connectivity index (χ0) is 21.7. The molecular weight excluding hydrogens is 444 g/mol. The minimum absolute atomic E-state index is 0.00700. The van der Waals surface area contributed by atoms with Gasteiger partial charge in [0.1, 0.15) is 5.82 Å². The molecule has 30 heavy (non-hydrogen) atoms. The van der Waals surface area contributed by atoms with E-state index in [4.69, 9.17) is 0 Å². The number of anilines is 2. The molecule has 160 valence electrons. The Morgan fingerprint density at radius 3 is 2.40 bits per heavy atom. The smallest absolute Gasteiger partial charge is 0.241 e. The maximum Gasteiger partial charge on any atom is 0.241 e. The predicted molar refractivity (Wildman–Crippen MR) is 123 cm³/mol. The zero-order valence-corrected chi connectivity index (χ0v) is 19.3. The predicted octanol–water partition coefficient (Wildman–Crippen LogP) is 4.65. The molecule has 0 saturated carbocycles. The van der Waals surface area contributed by atoms with Gasteiger partial charge in [-0.15, -0.1) is 0 Å². The fraction of sp³-hybridized carbons (Fsp3) is 0.435. The van der Waals surface area contributed by atoms with Gasteiger partial charge in [0.15, 0.2) is 0 Å². The first kappa shape index (κ1) is 22.4. The van der Waals surface area contributed by atoms with E-state index in [1.54, 1.807) is 12.3 Å². The number of nitrogens with zero attached hydrogens (tertiary/aromatic N) is 2. The fourth-order valence-electron chi connectivity index (χ4n) is 3.74. The van der Waals surface area contributed by atoms with E-state index in [9.17, 15) is 9.59 Å². The van der Waals surface area contributed by atoms with Gasteiger partial charge in [-0.25, -0.2) is 4.98 Å². The number of piperidine rings is 1. The number of hydrogen-bond donors (Lipinski definition) is 2. The number of hydrogen-bond acceptors (Lipinski definition) is 4. The van der Waals surface area contributed by atoms with Crippen molar-refractivity contribution in [1.82, 2.24) is 9.88 Å². The molecular formula is C23H29BrN4O2. The summed E-state index contributed by atoms with van der Waals surface area (Å²) in [5, 5.41) is 5.97. The highest BCUT2D eigenvalue weighted by Gasteiger charge is 2.30. The van der Waals surface area contributed by atoms with Gasteiger partial charge in [-0.05, 0) is 78.5 Å². The Bertz CT molecular complexity index is 877. The number of para-hydroxylation sites is 1. The lowest BCUT2D eigenvalue weighted by atomic mass is 9.94. The molecule has 0 radical (unpaired) electrons. The summed E-state index contributed by atoms with van der Waals surface area (Å²) >= 11 is 3.34. The van der Waals surface area contributed by atoms with Crippen LogP contribution in [0.15, 0.2) is 47.1 Å². The van der Waals surface area contributed by atoms with Crippen molar-refractivity contribution in [2.75, 3.05) is 23.7 Å². The number of carbonyl (C=O) groups is 2. The van der Waals surface area contributed by atoms with Crippen LogP contribution < -0.4 is 10.6 Å². The van der Waals surface area contributed by atoms with Crippen LogP contribution in [0, 0.1) is 5.92 Å². The number of pyridine rings is 1. The normalized spacial score (nSPS) is 16.3. The SMILES string of the molecule is CC(C)c1ccccc1NC(=O)[C@@H](C)N1CCC(C(=O)Nc2ccc(Br)cn2)CC1. The average Bonchev–Trinajstić information content (AvgIpc) is 2.75. The third-order valence-corrected chi connectivity index (χ3v) is 6.12. The molecule has 1 atom stereocenters. The quantitative estimate of drug-likeness (QED) is 0.641. The van der Waals surface area contributed by atoms with Crippen LogP contribution >= 0.6 is 15.9 Å². The van der Waals surface area contributed by atoms with E-state index in [2.05, 4.69) is 56.4 Å². The molecule has 1 saturated heterocycles. The first-order valence-electron chi connectivity index (χ1n) is 10.4. The van der Waals surface area contributed by atoms with Crippen LogP contribution in [0.1, 0.15) is 45.1 Å². The Hall–Kier alpha value is -2.25. The molecule has 1 aromatic heterocycles. The number of rotatable bonds is 6. The molecule has 1 aliphatic heterocycles. The van der Waals surface area contributed by atoms with Crippen LogP contribution in [0.5, 0.6) is 0 Å². The Kier molecular flexibility index (Phi) is 7.61. The second kappa shape index (κ2) is 10.2. The maximum absolute atomic E-state index is 12.8. The molecule has 3 rings (SSSR count). The molecule has 2 heterocycles. The van der Waals surface area contributed by atoms with Crippen LogP contribution in [0.3, 0.4) is 0 Å². The van der Waals surface area contributed by atoms with Crippen molar-refractivity contribution in [1.29, 1.82) is 0 Å². The van der Waals surface area contributed by atoms with Gasteiger partial charge in [0.25, 0.3) is 0 Å². The van der Waals surface area contributed by atoms with Crippen molar-refractivity contribution in [2.24, 2.45) is 5.92 Å². The summed E-state index contributed by atoms with van der Waals surface area (Å²) in [6.07, 6.45) is 3.11. The highest BCUT2D eigenvalue weighted by Crippen LogP contribution is 2.25. The van der Waals surface area contributed by atoms with Crippen molar-refractivity contribution in [3.05, 3.63) is 52.6 Å². The lowest BCUT2D eigenvalue weighted by Gasteiger charge is -2.34. The van der Waals surface area contributed by atoms with Crippen LogP contribution in [-0.4, -0.2) is 40.8 Å². The van der Waals surface area contributed by atoms with E-state index in [-0.39, 0.29) is 23.8 Å². The average molecular weight is 473 g/mol. The minimum atomic E-state index is -0.248. The van der Waals surface area contributed by atoms with Gasteiger partial charge in [0.05, 0.1) is 6.04 Å². The van der Waals surface area contributed by atoms with Crippen LogP contribution in [-0.2, 0) is 9.59 Å². The highest BCUT2D eigenvalue weighted by atomic mass is 79.9. The Morgan fingerprint density at radius 1 is 1.07 bits per heavy atom. The van der Waals surface area contributed by atoms with E-state index >= 15 is 0 Å². The monoisotopic (exact) mass is 472 g/mol. The summed E-state index contributed by atoms with van der Waals surface area (Å²) < 4.78 is 0.872. The molecule has 2 aromatic rings. The lowest BCUT2D eigenvalue weighted by molar-refractivity contribution is -0.123. The zero-order valence-electron chi connectivity index (χ0n) is 17.7. The third kappa shape index (κ3) is 5.67. The number of amides is 2. The van der Waals surface area contributed by atoms with E-state index in [1.165, 1.54) is 0 Å². The number of benzene rings is 1. The topological polar surface area (TPSA) is 74.3 Å². The Labute approximate surface area is 186 Å². The van der Waals surface area contributed by atoms with E-state index in [1.807, 2.05) is 31.2 Å². The van der Waals surface area contributed by atoms with E-state index in [0.717, 1.165) is 28.6 Å². The van der Waals surface area contributed by atoms with Crippen molar-refractivity contribution in [3.8, 4) is 0 Å². The van der Waals surface area contributed by atoms with Crippen LogP contribution in [0.25, 0.3) is 0 Å². The van der Waals surface area contributed by atoms with E-state index in [0.29, 0.717) is 24.8 Å². The van der Waals surface area contributed by atoms with Crippen molar-refractivity contribution >= 4 is 39.2 Å². The number of carbonyl (C=O) groups excluding carboxylic acids is 2. The molecule has 1 aliphatic rings. The van der Waals surface area contributed by atoms with Crippen LogP contribution in [0.2, 0.25) is 0 Å². The summed E-state index contributed by atoms with van der Waals surface area (Å²) in [6.45, 7) is 7.60. The molecule has 1 fully saturated rings. The second-order valence-electron chi connectivity index (χ2n) is 8.07. The van der Waals surface area contributed by atoms with Gasteiger partial charge in [-0.1, -0.05) is 32.0 Å². The summed E-state index contributed by atoms with van der Waals surface area (Å²) in [6, 6.07) is 11.3. The molecule has 0 aliphatic carbocycles. The third-order valence-electron chi connectivity index (χ3n) is 5.65. The molecule has 2 amide bonds. The van der Waals surface area contributed by atoms with Gasteiger partial charge in [-0.3, -0.25) is 14.5 Å². The number of aromatic nitrogens is 1. The summed E-state index contributed by atoms with van der Waals surface area (Å²) in [7, 11) is 0. The molecule has 1 aromatic carbocycles. The summed E-state index contributed by atoms with van der Waals surface area (Å²) in [4.78, 5) is 31.7. The van der Waals surface area contributed by atoms with Gasteiger partial charge in [-0.2, -0.15) is 0 Å². The first-order chi connectivity index (χ1) is 14.3. The lowest BCUT2D eigenvalue weighted by Crippen LogP contribution is -2.47. The van der Waals surface area contributed by atoms with E-state index < -0.39 is 0 Å². The summed E-state index contributed by atoms with van der Waals surface area (Å²) in [5.74, 6) is 0.814. The molecule has 2 N–H and O–H groups in total. The van der Waals surface area contributed by atoms with Crippen LogP contribution in [0.4, 0.5) is 11.5 Å². The second-order valence-corrected chi connectivity index (χ2v) is 8.98. The first-order valence-corrected chi connectivity index (χ1v) is 11.2. The standard InChI is InChI=1S/C23H29BrN4O2/c1-15(2)19-6-4-5-7-20(19)26-22(29)16(3)28-12-10-17(11-13-28)23(30)27-21-9-8-18(24)14-25-21/h4-9,14-17H,10-13H2,1-3H3,(H,26,29)(H,25,27,30)/t16-/m1/s1. The largest absolute Gasteiger partial charge is 0.324 e. The van der Waals surface area contributed by atoms with Gasteiger partial charge in [0, 0.05) is 22.3 Å². The Morgan fingerprint density at radius 2 is 1.77 bits per heavy atom.